The second-order valence-electron chi connectivity index (χ2n) is 21.0. The number of aromatic nitrogens is 1. The van der Waals surface area contributed by atoms with E-state index >= 15 is 0 Å². The zero-order valence-corrected chi connectivity index (χ0v) is 42.3. The summed E-state index contributed by atoms with van der Waals surface area (Å²) in [6.07, 6.45) is 6.48. The molecule has 0 saturated heterocycles. The minimum atomic E-state index is -0.0791. The molecule has 0 radical (unpaired) electrons. The second kappa shape index (κ2) is 17.4. The van der Waals surface area contributed by atoms with Crippen molar-refractivity contribution < 1.29 is 4.42 Å². The first-order valence-electron chi connectivity index (χ1n) is 26.9. The summed E-state index contributed by atoms with van der Waals surface area (Å²) < 4.78 is 9.14. The molecule has 0 unspecified atom stereocenters. The van der Waals surface area contributed by atoms with Crippen LogP contribution in [-0.4, -0.2) is 11.3 Å². The van der Waals surface area contributed by atoms with Crippen molar-refractivity contribution in [2.24, 2.45) is 0 Å². The highest BCUT2D eigenvalue weighted by molar-refractivity contribution is 7.00. The molecule has 0 N–H and O–H groups in total. The molecule has 0 spiro atoms. The molecule has 10 aromatic carbocycles. The fourth-order valence-corrected chi connectivity index (χ4v) is 13.3. The molecule has 2 aromatic heterocycles. The summed E-state index contributed by atoms with van der Waals surface area (Å²) >= 11 is 0. The van der Waals surface area contributed by atoms with Crippen molar-refractivity contribution >= 4 is 90.0 Å². The highest BCUT2D eigenvalue weighted by Crippen LogP contribution is 2.50. The number of anilines is 6. The quantitative estimate of drug-likeness (QED) is 0.149. The van der Waals surface area contributed by atoms with Crippen LogP contribution in [0.25, 0.3) is 71.8 Å². The molecule has 4 heterocycles. The van der Waals surface area contributed by atoms with E-state index in [0.29, 0.717) is 5.92 Å². The zero-order chi connectivity index (χ0) is 49.7. The van der Waals surface area contributed by atoms with E-state index in [4.69, 9.17) is 4.42 Å². The fraction of sp³-hybridized carbons (Fsp3) is 0.114. The van der Waals surface area contributed by atoms with Crippen LogP contribution in [0.3, 0.4) is 0 Å². The van der Waals surface area contributed by atoms with Gasteiger partial charge >= 0.3 is 0 Å². The average molecular weight is 964 g/mol. The van der Waals surface area contributed by atoms with Crippen molar-refractivity contribution in [1.29, 1.82) is 0 Å². The van der Waals surface area contributed by atoms with Crippen molar-refractivity contribution in [2.45, 2.75) is 51.9 Å². The van der Waals surface area contributed by atoms with Crippen LogP contribution in [0.4, 0.5) is 34.1 Å². The number of hydrogen-bond acceptors (Lipinski definition) is 3. The number of aryl methyl sites for hydroxylation is 2. The van der Waals surface area contributed by atoms with Crippen molar-refractivity contribution in [3.05, 3.63) is 241 Å². The van der Waals surface area contributed by atoms with E-state index in [1.807, 2.05) is 0 Å². The largest absolute Gasteiger partial charge is 0.460 e. The summed E-state index contributed by atoms with van der Waals surface area (Å²) in [4.78, 5) is 5.14. The summed E-state index contributed by atoms with van der Waals surface area (Å²) in [5.74, 6) is 1.55. The number of rotatable bonds is 7. The molecule has 15 rings (SSSR count). The Morgan fingerprint density at radius 3 is 1.68 bits per heavy atom. The van der Waals surface area contributed by atoms with Gasteiger partial charge in [-0.25, -0.2) is 0 Å². The van der Waals surface area contributed by atoms with Gasteiger partial charge in [0.05, 0.1) is 22.4 Å². The Morgan fingerprint density at radius 1 is 0.413 bits per heavy atom. The molecule has 2 aliphatic heterocycles. The van der Waals surface area contributed by atoms with E-state index in [-0.39, 0.29) is 6.71 Å². The van der Waals surface area contributed by atoms with E-state index in [0.717, 1.165) is 50.6 Å². The van der Waals surface area contributed by atoms with Crippen LogP contribution in [0.5, 0.6) is 0 Å². The third-order valence-electron chi connectivity index (χ3n) is 17.0. The van der Waals surface area contributed by atoms with Gasteiger partial charge in [-0.2, -0.15) is 0 Å². The monoisotopic (exact) mass is 963 g/mol. The molecule has 0 atom stereocenters. The number of benzene rings is 10. The Bertz CT molecular complexity index is 4220. The molecule has 3 aliphatic rings. The lowest BCUT2D eigenvalue weighted by molar-refractivity contribution is 0.444. The summed E-state index contributed by atoms with van der Waals surface area (Å²) in [7, 11) is 0. The van der Waals surface area contributed by atoms with E-state index in [1.165, 1.54) is 121 Å². The molecule has 4 nitrogen and oxygen atoms in total. The maximum atomic E-state index is 6.59. The van der Waals surface area contributed by atoms with Crippen LogP contribution < -0.4 is 26.2 Å². The lowest BCUT2D eigenvalue weighted by Crippen LogP contribution is -2.61. The SMILES string of the molecule is Cc1oc2c(-c3ccc4c(c3)N(c3ccccc3-c3ccccc3)c3cccc5c3B4c3ccc(-n4c6ccccc6c6ccc(C7CCCCC7)cc64)cc3N5c3ccccc3-c3ccccc3)cccc2c1C. The van der Waals surface area contributed by atoms with Gasteiger partial charge in [0.2, 0.25) is 0 Å². The Morgan fingerprint density at radius 2 is 0.973 bits per heavy atom. The first-order chi connectivity index (χ1) is 37.1. The van der Waals surface area contributed by atoms with Gasteiger partial charge in [0.25, 0.3) is 6.71 Å². The minimum Gasteiger partial charge on any atom is -0.460 e. The predicted octanol–water partition coefficient (Wildman–Crippen LogP) is 17.3. The first kappa shape index (κ1) is 43.8. The maximum absolute atomic E-state index is 6.59. The van der Waals surface area contributed by atoms with Crippen LogP contribution in [0.15, 0.2) is 229 Å². The summed E-state index contributed by atoms with van der Waals surface area (Å²) in [6.45, 7) is 4.16. The van der Waals surface area contributed by atoms with Crippen LogP contribution in [0.2, 0.25) is 0 Å². The normalized spacial score (nSPS) is 14.1. The molecule has 1 fully saturated rings. The predicted molar refractivity (Wildman–Crippen MR) is 316 cm³/mol. The van der Waals surface area contributed by atoms with Gasteiger partial charge in [-0.05, 0) is 131 Å². The van der Waals surface area contributed by atoms with Gasteiger partial charge in [0.1, 0.15) is 11.3 Å². The van der Waals surface area contributed by atoms with Crippen molar-refractivity contribution in [3.8, 4) is 39.1 Å². The first-order valence-corrected chi connectivity index (χ1v) is 26.9. The van der Waals surface area contributed by atoms with E-state index < -0.39 is 0 Å². The standard InChI is InChI=1S/C70H54BN3O/c1-45-46(2)75-70-53(45)29-18-30-56(70)51-37-40-59-67(43-51)73(61-31-15-12-26-54(61)48-22-8-4-9-23-48)64-34-19-35-65-69(64)71(59)60-41-38-52(44-68(60)74(65)62-32-16-13-27-55(62)49-24-10-5-11-25-49)72-63-33-17-14-28-57(63)58-39-36-50(42-66(58)72)47-20-6-3-7-21-47/h4-5,8-19,22-44,47H,3,6-7,20-21H2,1-2H3. The highest BCUT2D eigenvalue weighted by atomic mass is 16.3. The number of fused-ring (bicyclic) bond motifs is 8. The Labute approximate surface area is 438 Å². The molecule has 1 saturated carbocycles. The Hall–Kier alpha value is -8.80. The smallest absolute Gasteiger partial charge is 0.252 e. The Balaban J connectivity index is 1.02. The van der Waals surface area contributed by atoms with Crippen molar-refractivity contribution in [2.75, 3.05) is 9.80 Å². The second-order valence-corrected chi connectivity index (χ2v) is 21.0. The summed E-state index contributed by atoms with van der Waals surface area (Å²) in [5.41, 5.74) is 25.0. The lowest BCUT2D eigenvalue weighted by atomic mass is 9.33. The van der Waals surface area contributed by atoms with E-state index in [9.17, 15) is 0 Å². The van der Waals surface area contributed by atoms with Crippen LogP contribution >= 0.6 is 0 Å². The lowest BCUT2D eigenvalue weighted by Gasteiger charge is -2.45. The molecule has 0 amide bonds. The minimum absolute atomic E-state index is 0.0791. The van der Waals surface area contributed by atoms with E-state index in [1.54, 1.807) is 0 Å². The maximum Gasteiger partial charge on any atom is 0.252 e. The van der Waals surface area contributed by atoms with Gasteiger partial charge in [-0.1, -0.05) is 189 Å². The molecule has 75 heavy (non-hydrogen) atoms. The van der Waals surface area contributed by atoms with Gasteiger partial charge in [0.15, 0.2) is 0 Å². The van der Waals surface area contributed by atoms with Crippen molar-refractivity contribution in [3.63, 3.8) is 0 Å². The zero-order valence-electron chi connectivity index (χ0n) is 42.3. The van der Waals surface area contributed by atoms with Crippen LogP contribution in [0.1, 0.15) is 54.9 Å². The van der Waals surface area contributed by atoms with Crippen molar-refractivity contribution in [1.82, 2.24) is 4.57 Å². The fourth-order valence-electron chi connectivity index (χ4n) is 13.3. The highest BCUT2D eigenvalue weighted by Gasteiger charge is 2.44. The molecular formula is C70H54BN3O. The number of para-hydroxylation sites is 4. The van der Waals surface area contributed by atoms with Gasteiger partial charge in [0, 0.05) is 61.3 Å². The Kier molecular flexibility index (Phi) is 10.2. The number of furan rings is 1. The molecule has 5 heteroatoms. The molecule has 12 aromatic rings. The number of hydrogen-bond donors (Lipinski definition) is 0. The molecule has 0 bridgehead atoms. The third-order valence-corrected chi connectivity index (χ3v) is 17.0. The topological polar surface area (TPSA) is 24.6 Å². The third kappa shape index (κ3) is 6.84. The molecular weight excluding hydrogens is 910 g/mol. The van der Waals surface area contributed by atoms with Crippen LogP contribution in [0, 0.1) is 13.8 Å². The van der Waals surface area contributed by atoms with Gasteiger partial charge < -0.3 is 18.8 Å². The molecule has 1 aliphatic carbocycles. The summed E-state index contributed by atoms with van der Waals surface area (Å²) in [5, 5.41) is 3.74. The average Bonchev–Trinajstić information content (AvgIpc) is 4.04. The number of nitrogens with zero attached hydrogens (tertiary/aromatic N) is 3. The van der Waals surface area contributed by atoms with Crippen LogP contribution in [-0.2, 0) is 0 Å². The van der Waals surface area contributed by atoms with E-state index in [2.05, 4.69) is 253 Å². The van der Waals surface area contributed by atoms with Gasteiger partial charge in [-0.15, -0.1) is 0 Å². The van der Waals surface area contributed by atoms with Gasteiger partial charge in [-0.3, -0.25) is 0 Å². The summed E-state index contributed by atoms with van der Waals surface area (Å²) in [6, 6.07) is 84.1. The molecule has 358 valence electrons.